The van der Waals surface area contributed by atoms with Crippen molar-refractivity contribution in [3.05, 3.63) is 76.6 Å². The highest BCUT2D eigenvalue weighted by Gasteiger charge is 2.12. The molecule has 4 aromatic rings. The van der Waals surface area contributed by atoms with Crippen LogP contribution >= 0.6 is 27.7 Å². The number of aromatic nitrogens is 2. The quantitative estimate of drug-likeness (QED) is 0.391. The number of benzene rings is 2. The van der Waals surface area contributed by atoms with Gasteiger partial charge in [0.05, 0.1) is 5.75 Å². The summed E-state index contributed by atoms with van der Waals surface area (Å²) in [6, 6.07) is 18.3. The Morgan fingerprint density at radius 1 is 1.21 bits per heavy atom. The molecule has 1 amide bonds. The number of aryl methyl sites for hydroxylation is 1. The van der Waals surface area contributed by atoms with Gasteiger partial charge in [-0.15, -0.1) is 11.8 Å². The molecule has 5 nitrogen and oxygen atoms in total. The van der Waals surface area contributed by atoms with E-state index in [1.54, 1.807) is 13.0 Å². The minimum Gasteiger partial charge on any atom is -0.360 e. The summed E-state index contributed by atoms with van der Waals surface area (Å²) in [6.45, 7) is 2.57. The van der Waals surface area contributed by atoms with Crippen LogP contribution in [-0.2, 0) is 11.3 Å². The predicted octanol–water partition coefficient (Wildman–Crippen LogP) is 5.48. The van der Waals surface area contributed by atoms with Gasteiger partial charge in [0.25, 0.3) is 0 Å². The number of carbonyl (C=O) groups excluding carboxylic acids is 1. The summed E-state index contributed by atoms with van der Waals surface area (Å²) in [5.74, 6) is 1.31. The van der Waals surface area contributed by atoms with E-state index in [0.29, 0.717) is 17.3 Å². The molecular formula is C21H18BrN3O2S. The molecule has 0 radical (unpaired) electrons. The number of nitrogens with zero attached hydrogens (tertiary/aromatic N) is 2. The molecule has 0 spiro atoms. The first-order chi connectivity index (χ1) is 13.6. The fourth-order valence-electron chi connectivity index (χ4n) is 2.99. The molecule has 0 saturated carbocycles. The molecule has 7 heteroatoms. The molecule has 1 N–H and O–H groups in total. The largest absolute Gasteiger partial charge is 0.360 e. The number of thioether (sulfide) groups is 1. The van der Waals surface area contributed by atoms with E-state index in [-0.39, 0.29) is 5.91 Å². The Kier molecular flexibility index (Phi) is 5.54. The number of rotatable bonds is 6. The predicted molar refractivity (Wildman–Crippen MR) is 116 cm³/mol. The van der Waals surface area contributed by atoms with Crippen molar-refractivity contribution >= 4 is 50.3 Å². The third kappa shape index (κ3) is 4.31. The maximum Gasteiger partial charge on any atom is 0.235 e. The van der Waals surface area contributed by atoms with Crippen molar-refractivity contribution < 1.29 is 9.32 Å². The molecule has 0 aliphatic rings. The van der Waals surface area contributed by atoms with Crippen LogP contribution < -0.4 is 5.32 Å². The third-order valence-corrected chi connectivity index (χ3v) is 5.84. The molecule has 0 atom stereocenters. The van der Waals surface area contributed by atoms with Gasteiger partial charge in [-0.05, 0) is 30.7 Å². The van der Waals surface area contributed by atoms with Gasteiger partial charge in [-0.2, -0.15) is 0 Å². The van der Waals surface area contributed by atoms with Crippen molar-refractivity contribution in [2.45, 2.75) is 18.4 Å². The maximum absolute atomic E-state index is 12.2. The zero-order valence-electron chi connectivity index (χ0n) is 15.2. The Balaban J connectivity index is 1.50. The minimum absolute atomic E-state index is 0.108. The van der Waals surface area contributed by atoms with Crippen molar-refractivity contribution in [1.82, 2.24) is 9.72 Å². The molecule has 2 heterocycles. The summed E-state index contributed by atoms with van der Waals surface area (Å²) in [4.78, 5) is 13.3. The maximum atomic E-state index is 12.2. The smallest absolute Gasteiger partial charge is 0.235 e. The lowest BCUT2D eigenvalue weighted by Crippen LogP contribution is -2.14. The van der Waals surface area contributed by atoms with Crippen molar-refractivity contribution in [2.24, 2.45) is 0 Å². The Bertz CT molecular complexity index is 1120. The Hall–Kier alpha value is -2.51. The van der Waals surface area contributed by atoms with E-state index in [9.17, 15) is 4.79 Å². The van der Waals surface area contributed by atoms with E-state index >= 15 is 0 Å². The van der Waals surface area contributed by atoms with Gasteiger partial charge in [-0.1, -0.05) is 51.4 Å². The van der Waals surface area contributed by atoms with Crippen molar-refractivity contribution in [3.63, 3.8) is 0 Å². The lowest BCUT2D eigenvalue weighted by Gasteiger charge is -2.05. The van der Waals surface area contributed by atoms with Gasteiger partial charge >= 0.3 is 0 Å². The first-order valence-electron chi connectivity index (χ1n) is 8.77. The van der Waals surface area contributed by atoms with Crippen LogP contribution in [0.2, 0.25) is 0 Å². The van der Waals surface area contributed by atoms with E-state index in [4.69, 9.17) is 4.52 Å². The summed E-state index contributed by atoms with van der Waals surface area (Å²) >= 11 is 4.99. The molecule has 0 unspecified atom stereocenters. The average Bonchev–Trinajstić information content (AvgIpc) is 3.25. The molecule has 142 valence electrons. The highest BCUT2D eigenvalue weighted by molar-refractivity contribution is 9.10. The van der Waals surface area contributed by atoms with Crippen LogP contribution in [0.1, 0.15) is 11.3 Å². The van der Waals surface area contributed by atoms with E-state index in [2.05, 4.69) is 61.4 Å². The molecule has 0 aliphatic heterocycles. The molecule has 0 bridgehead atoms. The van der Waals surface area contributed by atoms with Crippen LogP contribution in [0.5, 0.6) is 0 Å². The first-order valence-corrected chi connectivity index (χ1v) is 10.5. The van der Waals surface area contributed by atoms with Crippen LogP contribution in [0.25, 0.3) is 10.9 Å². The molecule has 28 heavy (non-hydrogen) atoms. The van der Waals surface area contributed by atoms with E-state index in [0.717, 1.165) is 26.8 Å². The SMILES string of the molecule is Cc1cc(NC(=O)CSc2cn(Cc3ccc(Br)cc3)c3ccccc23)no1. The van der Waals surface area contributed by atoms with Gasteiger partial charge in [0.15, 0.2) is 5.82 Å². The minimum atomic E-state index is -0.108. The lowest BCUT2D eigenvalue weighted by molar-refractivity contribution is -0.113. The second-order valence-electron chi connectivity index (χ2n) is 6.42. The lowest BCUT2D eigenvalue weighted by atomic mass is 10.2. The summed E-state index contributed by atoms with van der Waals surface area (Å²) in [6.07, 6.45) is 2.12. The summed E-state index contributed by atoms with van der Waals surface area (Å²) < 4.78 is 8.27. The Morgan fingerprint density at radius 3 is 2.75 bits per heavy atom. The molecule has 0 fully saturated rings. The van der Waals surface area contributed by atoms with E-state index in [1.807, 2.05) is 24.3 Å². The number of halogens is 1. The molecule has 0 saturated heterocycles. The fourth-order valence-corrected chi connectivity index (χ4v) is 4.15. The standard InChI is InChI=1S/C21H18BrN3O2S/c1-14-10-20(24-27-14)23-21(26)13-28-19-12-25(18-5-3-2-4-17(18)19)11-15-6-8-16(22)9-7-15/h2-10,12H,11,13H2,1H3,(H,23,24,26). The van der Waals surface area contributed by atoms with Gasteiger partial charge in [0.1, 0.15) is 5.76 Å². The number of nitrogens with one attached hydrogen (secondary N) is 1. The number of para-hydroxylation sites is 1. The second kappa shape index (κ2) is 8.24. The average molecular weight is 456 g/mol. The summed E-state index contributed by atoms with van der Waals surface area (Å²) in [7, 11) is 0. The normalized spacial score (nSPS) is 11.1. The van der Waals surface area contributed by atoms with Crippen molar-refractivity contribution in [2.75, 3.05) is 11.1 Å². The van der Waals surface area contributed by atoms with Crippen LogP contribution in [0, 0.1) is 6.92 Å². The Labute approximate surface area is 175 Å². The third-order valence-electron chi connectivity index (χ3n) is 4.27. The number of amides is 1. The number of hydrogen-bond donors (Lipinski definition) is 1. The molecule has 2 aromatic carbocycles. The molecule has 4 rings (SSSR count). The number of anilines is 1. The zero-order chi connectivity index (χ0) is 19.5. The van der Waals surface area contributed by atoms with Crippen LogP contribution in [-0.4, -0.2) is 21.4 Å². The Morgan fingerprint density at radius 2 is 2.00 bits per heavy atom. The highest BCUT2D eigenvalue weighted by Crippen LogP contribution is 2.30. The topological polar surface area (TPSA) is 60.1 Å². The molecule has 0 aliphatic carbocycles. The van der Waals surface area contributed by atoms with Crippen LogP contribution in [0.4, 0.5) is 5.82 Å². The van der Waals surface area contributed by atoms with Gasteiger partial charge < -0.3 is 14.4 Å². The second-order valence-corrected chi connectivity index (χ2v) is 8.36. The van der Waals surface area contributed by atoms with Gasteiger partial charge in [0, 0.05) is 39.1 Å². The highest BCUT2D eigenvalue weighted by atomic mass is 79.9. The van der Waals surface area contributed by atoms with E-state index < -0.39 is 0 Å². The first kappa shape index (κ1) is 18.8. The monoisotopic (exact) mass is 455 g/mol. The van der Waals surface area contributed by atoms with Gasteiger partial charge in [0.2, 0.25) is 5.91 Å². The van der Waals surface area contributed by atoms with Gasteiger partial charge in [-0.3, -0.25) is 4.79 Å². The number of hydrogen-bond acceptors (Lipinski definition) is 4. The van der Waals surface area contributed by atoms with Crippen LogP contribution in [0.3, 0.4) is 0 Å². The van der Waals surface area contributed by atoms with Crippen molar-refractivity contribution in [1.29, 1.82) is 0 Å². The summed E-state index contributed by atoms with van der Waals surface area (Å²) in [5, 5.41) is 7.70. The number of fused-ring (bicyclic) bond motifs is 1. The van der Waals surface area contributed by atoms with Gasteiger partial charge in [-0.25, -0.2) is 0 Å². The number of carbonyl (C=O) groups is 1. The fraction of sp³-hybridized carbons (Fsp3) is 0.143. The van der Waals surface area contributed by atoms with Crippen molar-refractivity contribution in [3.8, 4) is 0 Å². The van der Waals surface area contributed by atoms with Crippen LogP contribution in [0.15, 0.2) is 74.7 Å². The van der Waals surface area contributed by atoms with E-state index in [1.165, 1.54) is 17.3 Å². The molecular weight excluding hydrogens is 438 g/mol. The summed E-state index contributed by atoms with van der Waals surface area (Å²) in [5.41, 5.74) is 2.38. The zero-order valence-corrected chi connectivity index (χ0v) is 17.6. The molecule has 2 aromatic heterocycles.